The van der Waals surface area contributed by atoms with Gasteiger partial charge in [0.25, 0.3) is 0 Å². The Balaban J connectivity index is 1.38. The first kappa shape index (κ1) is 32.9. The van der Waals surface area contributed by atoms with Crippen molar-refractivity contribution in [3.63, 3.8) is 0 Å². The summed E-state index contributed by atoms with van der Waals surface area (Å²) in [6, 6.07) is 27.7. The highest BCUT2D eigenvalue weighted by molar-refractivity contribution is 6.32. The van der Waals surface area contributed by atoms with Crippen LogP contribution in [0, 0.1) is 0 Å². The summed E-state index contributed by atoms with van der Waals surface area (Å²) >= 11 is 0. The van der Waals surface area contributed by atoms with Gasteiger partial charge < -0.3 is 29.2 Å². The zero-order chi connectivity index (χ0) is 35.3. The van der Waals surface area contributed by atoms with E-state index in [9.17, 15) is 4.79 Å². The summed E-state index contributed by atoms with van der Waals surface area (Å²) in [6.07, 6.45) is 11.1. The minimum Gasteiger partial charge on any atom is -0.497 e. The Hall–Kier alpha value is -6.61. The van der Waals surface area contributed by atoms with Gasteiger partial charge in [0.2, 0.25) is 11.8 Å². The molecule has 2 N–H and O–H groups in total. The number of amides is 1. The number of nitrogens with one attached hydrogen (secondary N) is 2. The van der Waals surface area contributed by atoms with Crippen molar-refractivity contribution in [2.45, 2.75) is 6.92 Å². The zero-order valence-electron chi connectivity index (χ0n) is 28.7. The monoisotopic (exact) mass is 676 g/mol. The molecule has 3 aromatic carbocycles. The lowest BCUT2D eigenvalue weighted by Gasteiger charge is -2.13. The first-order valence-electron chi connectivity index (χ1n) is 16.5. The number of aromatic amines is 1. The lowest BCUT2D eigenvalue weighted by Crippen LogP contribution is -2.16. The van der Waals surface area contributed by atoms with Crippen LogP contribution < -0.4 is 19.5 Å². The molecule has 3 aliphatic heterocycles. The van der Waals surface area contributed by atoms with Gasteiger partial charge in [-0.15, -0.1) is 0 Å². The molecule has 0 atom stereocenters. The second kappa shape index (κ2) is 14.5. The first-order chi connectivity index (χ1) is 25.0. The van der Waals surface area contributed by atoms with Crippen LogP contribution in [0.25, 0.3) is 16.7 Å². The molecule has 9 heteroatoms. The summed E-state index contributed by atoms with van der Waals surface area (Å²) in [5, 5.41) is 2.96. The third kappa shape index (κ3) is 6.82. The van der Waals surface area contributed by atoms with E-state index in [1.807, 2.05) is 104 Å². The van der Waals surface area contributed by atoms with Crippen LogP contribution in [0.2, 0.25) is 0 Å². The fourth-order valence-electron chi connectivity index (χ4n) is 6.16. The summed E-state index contributed by atoms with van der Waals surface area (Å²) in [5.41, 5.74) is 10.0. The van der Waals surface area contributed by atoms with E-state index in [0.29, 0.717) is 23.9 Å². The molecule has 0 saturated heterocycles. The molecular formula is C42H36N4O5. The van der Waals surface area contributed by atoms with Crippen molar-refractivity contribution in [3.8, 4) is 17.2 Å². The van der Waals surface area contributed by atoms with Crippen LogP contribution in [0.5, 0.6) is 17.2 Å². The fraction of sp³-hybridized carbons (Fsp3) is 0.119. The van der Waals surface area contributed by atoms with Crippen molar-refractivity contribution in [1.82, 2.24) is 10.3 Å². The van der Waals surface area contributed by atoms with Gasteiger partial charge in [0.05, 0.1) is 50.7 Å². The van der Waals surface area contributed by atoms with E-state index in [1.165, 1.54) is 6.08 Å². The molecule has 0 spiro atoms. The Morgan fingerprint density at radius 3 is 1.53 bits per heavy atom. The summed E-state index contributed by atoms with van der Waals surface area (Å²) in [5.74, 6) is 2.64. The molecule has 0 radical (unpaired) electrons. The van der Waals surface area contributed by atoms with Gasteiger partial charge in [-0.1, -0.05) is 36.4 Å². The second-order valence-electron chi connectivity index (χ2n) is 11.6. The molecule has 254 valence electrons. The van der Waals surface area contributed by atoms with Crippen molar-refractivity contribution in [2.75, 3.05) is 27.9 Å². The van der Waals surface area contributed by atoms with Crippen LogP contribution >= 0.6 is 0 Å². The third-order valence-electron chi connectivity index (χ3n) is 8.60. The van der Waals surface area contributed by atoms with Gasteiger partial charge in [-0.2, -0.15) is 0 Å². The Kier molecular flexibility index (Phi) is 9.34. The number of carbonyl (C=O) groups excluding carboxylic acids is 1. The number of hydrogen-bond acceptors (Lipinski definition) is 7. The van der Waals surface area contributed by atoms with Crippen LogP contribution in [0.15, 0.2) is 148 Å². The van der Waals surface area contributed by atoms with Gasteiger partial charge in [-0.25, -0.2) is 9.98 Å². The molecule has 0 aliphatic carbocycles. The maximum Gasteiger partial charge on any atom is 0.248 e. The number of hydrogen-bond donors (Lipinski definition) is 2. The highest BCUT2D eigenvalue weighted by atomic mass is 16.5. The minimum atomic E-state index is -0.177. The van der Waals surface area contributed by atoms with Crippen LogP contribution in [-0.2, 0) is 9.53 Å². The number of rotatable bonds is 10. The smallest absolute Gasteiger partial charge is 0.248 e. The Labute approximate surface area is 296 Å². The minimum absolute atomic E-state index is 0.177. The lowest BCUT2D eigenvalue weighted by atomic mass is 9.98. The number of carbonyl (C=O) groups is 1. The largest absolute Gasteiger partial charge is 0.497 e. The van der Waals surface area contributed by atoms with Crippen molar-refractivity contribution >= 4 is 34.2 Å². The first-order valence-corrected chi connectivity index (χ1v) is 16.5. The molecule has 0 fully saturated rings. The average Bonchev–Trinajstić information content (AvgIpc) is 4.00. The topological polar surface area (TPSA) is 107 Å². The van der Waals surface area contributed by atoms with E-state index < -0.39 is 0 Å². The SMILES string of the molecule is CCOC1=N/C(=C(/c2ccc(OC)cc2)c2ccc(/C(=C3\C=CC(C(=C4/C=CC(=O)N4)/c4ccc(OC)cc4)=N3)c3ccc(OC)cc3)[nH]2)C=C1. The average molecular weight is 677 g/mol. The molecule has 0 unspecified atom stereocenters. The van der Waals surface area contributed by atoms with E-state index in [4.69, 9.17) is 28.9 Å². The van der Waals surface area contributed by atoms with Gasteiger partial charge in [-0.3, -0.25) is 4.79 Å². The zero-order valence-corrected chi connectivity index (χ0v) is 28.7. The molecule has 1 aromatic heterocycles. The number of methoxy groups -OCH3 is 3. The van der Waals surface area contributed by atoms with Gasteiger partial charge in [-0.05, 0) is 96.4 Å². The number of ether oxygens (including phenoxy) is 4. The molecule has 4 heterocycles. The number of benzene rings is 3. The Morgan fingerprint density at radius 1 is 0.569 bits per heavy atom. The van der Waals surface area contributed by atoms with E-state index in [-0.39, 0.29) is 5.91 Å². The van der Waals surface area contributed by atoms with E-state index >= 15 is 0 Å². The quantitative estimate of drug-likeness (QED) is 0.179. The summed E-state index contributed by atoms with van der Waals surface area (Å²) in [6.45, 7) is 2.46. The number of aromatic nitrogens is 1. The highest BCUT2D eigenvalue weighted by Crippen LogP contribution is 2.37. The molecule has 51 heavy (non-hydrogen) atoms. The van der Waals surface area contributed by atoms with E-state index in [0.717, 1.165) is 73.4 Å². The van der Waals surface area contributed by atoms with Crippen LogP contribution in [0.1, 0.15) is 35.0 Å². The maximum absolute atomic E-state index is 12.3. The van der Waals surface area contributed by atoms with Gasteiger partial charge in [0.15, 0.2) is 0 Å². The fourth-order valence-corrected chi connectivity index (χ4v) is 6.16. The molecule has 0 bridgehead atoms. The summed E-state index contributed by atoms with van der Waals surface area (Å²) in [7, 11) is 4.94. The number of allylic oxidation sites excluding steroid dienone is 5. The van der Waals surface area contributed by atoms with Crippen molar-refractivity contribution in [3.05, 3.63) is 167 Å². The maximum atomic E-state index is 12.3. The van der Waals surface area contributed by atoms with Crippen molar-refractivity contribution in [1.29, 1.82) is 0 Å². The van der Waals surface area contributed by atoms with Crippen molar-refractivity contribution < 1.29 is 23.7 Å². The molecule has 1 amide bonds. The van der Waals surface area contributed by atoms with Crippen molar-refractivity contribution in [2.24, 2.45) is 9.98 Å². The molecule has 0 saturated carbocycles. The van der Waals surface area contributed by atoms with Crippen LogP contribution in [-0.4, -0.2) is 50.4 Å². The third-order valence-corrected chi connectivity index (χ3v) is 8.60. The van der Waals surface area contributed by atoms with Crippen LogP contribution in [0.3, 0.4) is 0 Å². The van der Waals surface area contributed by atoms with E-state index in [2.05, 4.69) is 22.4 Å². The lowest BCUT2D eigenvalue weighted by molar-refractivity contribution is -0.115. The normalized spacial score (nSPS) is 17.6. The van der Waals surface area contributed by atoms with Crippen LogP contribution in [0.4, 0.5) is 0 Å². The molecule has 4 aromatic rings. The highest BCUT2D eigenvalue weighted by Gasteiger charge is 2.24. The molecule has 9 nitrogen and oxygen atoms in total. The van der Waals surface area contributed by atoms with Gasteiger partial charge in [0, 0.05) is 40.3 Å². The number of H-pyrrole nitrogens is 1. The predicted molar refractivity (Wildman–Crippen MR) is 201 cm³/mol. The number of nitrogens with zero attached hydrogens (tertiary/aromatic N) is 2. The van der Waals surface area contributed by atoms with Gasteiger partial charge in [0.1, 0.15) is 17.2 Å². The Bertz CT molecular complexity index is 2230. The van der Waals surface area contributed by atoms with E-state index in [1.54, 1.807) is 27.4 Å². The summed E-state index contributed by atoms with van der Waals surface area (Å²) < 4.78 is 22.0. The van der Waals surface area contributed by atoms with Gasteiger partial charge >= 0.3 is 0 Å². The Morgan fingerprint density at radius 2 is 1.06 bits per heavy atom. The standard InChI is InChI=1S/C42H36N4O5/c1-5-51-39-25-23-37(46-39)42(28-10-16-31(50-4)17-11-28)35-21-19-33(44-35)40(26-6-12-29(48-2)13-7-26)32-18-20-34(43-32)41(36-22-24-38(47)45-36)27-8-14-30(49-3)15-9-27/h6-25,44H,5H2,1-4H3,(H,45,47)/b40-32+,41-36-,42-37-. The molecular weight excluding hydrogens is 640 g/mol. The number of aliphatic imine (C=N–C) groups is 2. The predicted octanol–water partition coefficient (Wildman–Crippen LogP) is 7.67. The summed E-state index contributed by atoms with van der Waals surface area (Å²) in [4.78, 5) is 26.0. The molecule has 7 rings (SSSR count). The second-order valence-corrected chi connectivity index (χ2v) is 11.6. The molecule has 3 aliphatic rings.